The van der Waals surface area contributed by atoms with Crippen LogP contribution in [0.2, 0.25) is 5.02 Å². The Kier molecular flexibility index (Phi) is 5.60. The lowest BCUT2D eigenvalue weighted by molar-refractivity contribution is 0.0952. The monoisotopic (exact) mass is 332 g/mol. The molecule has 120 valence electrons. The Hall–Kier alpha value is -2.53. The Morgan fingerprint density at radius 1 is 1.09 bits per heavy atom. The second-order valence-corrected chi connectivity index (χ2v) is 5.15. The van der Waals surface area contributed by atoms with Gasteiger partial charge in [0.05, 0.1) is 25.5 Å². The van der Waals surface area contributed by atoms with Gasteiger partial charge in [0, 0.05) is 5.02 Å². The van der Waals surface area contributed by atoms with E-state index in [1.165, 1.54) is 13.2 Å². The minimum Gasteiger partial charge on any atom is -0.497 e. The molecule has 6 heteroatoms. The Balaban J connectivity index is 2.15. The number of hydrogen-bond donors (Lipinski definition) is 1. The number of ether oxygens (including phenoxy) is 2. The summed E-state index contributed by atoms with van der Waals surface area (Å²) < 4.78 is 10.3. The van der Waals surface area contributed by atoms with Crippen LogP contribution in [0.5, 0.6) is 11.5 Å². The summed E-state index contributed by atoms with van der Waals surface area (Å²) in [6.45, 7) is 1.80. The van der Waals surface area contributed by atoms with Crippen molar-refractivity contribution in [1.82, 2.24) is 5.43 Å². The number of amides is 1. The van der Waals surface area contributed by atoms with Crippen molar-refractivity contribution in [1.29, 1.82) is 0 Å². The molecule has 5 nitrogen and oxygen atoms in total. The number of hydrazone groups is 1. The van der Waals surface area contributed by atoms with E-state index < -0.39 is 5.91 Å². The van der Waals surface area contributed by atoms with Crippen LogP contribution >= 0.6 is 11.6 Å². The molecule has 0 spiro atoms. The van der Waals surface area contributed by atoms with E-state index in [0.29, 0.717) is 22.0 Å². The molecule has 1 amide bonds. The molecule has 0 heterocycles. The van der Waals surface area contributed by atoms with E-state index in [1.807, 2.05) is 24.3 Å². The van der Waals surface area contributed by atoms with Crippen LogP contribution in [0.1, 0.15) is 22.8 Å². The molecule has 0 saturated carbocycles. The number of halogens is 1. The second kappa shape index (κ2) is 7.65. The molecule has 0 saturated heterocycles. The zero-order chi connectivity index (χ0) is 16.8. The highest BCUT2D eigenvalue weighted by Gasteiger charge is 2.12. The van der Waals surface area contributed by atoms with Crippen molar-refractivity contribution in [2.45, 2.75) is 6.92 Å². The molecule has 0 unspecified atom stereocenters. The number of carbonyl (C=O) groups is 1. The number of benzene rings is 2. The van der Waals surface area contributed by atoms with Crippen LogP contribution in [0.3, 0.4) is 0 Å². The van der Waals surface area contributed by atoms with E-state index in [-0.39, 0.29) is 0 Å². The number of nitrogens with one attached hydrogen (secondary N) is 1. The molecule has 2 aromatic rings. The topological polar surface area (TPSA) is 59.9 Å². The lowest BCUT2D eigenvalue weighted by Crippen LogP contribution is -2.20. The summed E-state index contributed by atoms with van der Waals surface area (Å²) in [6, 6.07) is 12.2. The van der Waals surface area contributed by atoms with Gasteiger partial charge in [-0.3, -0.25) is 4.79 Å². The molecule has 2 rings (SSSR count). The fourth-order valence-electron chi connectivity index (χ4n) is 1.95. The van der Waals surface area contributed by atoms with E-state index >= 15 is 0 Å². The second-order valence-electron chi connectivity index (χ2n) is 4.71. The van der Waals surface area contributed by atoms with Gasteiger partial charge in [0.25, 0.3) is 5.91 Å². The zero-order valence-electron chi connectivity index (χ0n) is 13.1. The lowest BCUT2D eigenvalue weighted by atomic mass is 10.1. The predicted molar refractivity (Wildman–Crippen MR) is 90.7 cm³/mol. The number of methoxy groups -OCH3 is 2. The molecule has 0 aliphatic heterocycles. The molecule has 0 aliphatic rings. The van der Waals surface area contributed by atoms with Crippen LogP contribution in [-0.4, -0.2) is 25.8 Å². The van der Waals surface area contributed by atoms with Crippen LogP contribution in [0.15, 0.2) is 47.6 Å². The molecule has 2 aromatic carbocycles. The smallest absolute Gasteiger partial charge is 0.275 e. The summed E-state index contributed by atoms with van der Waals surface area (Å²) in [4.78, 5) is 12.2. The Labute approximate surface area is 139 Å². The molecule has 0 radical (unpaired) electrons. The highest BCUT2D eigenvalue weighted by Crippen LogP contribution is 2.22. The normalized spacial score (nSPS) is 11.0. The van der Waals surface area contributed by atoms with Gasteiger partial charge in [-0.25, -0.2) is 5.43 Å². The van der Waals surface area contributed by atoms with Gasteiger partial charge < -0.3 is 9.47 Å². The summed E-state index contributed by atoms with van der Waals surface area (Å²) in [5, 5.41) is 4.56. The van der Waals surface area contributed by atoms with Crippen LogP contribution < -0.4 is 14.9 Å². The molecular formula is C17H17ClN2O3. The van der Waals surface area contributed by atoms with Crippen molar-refractivity contribution in [3.8, 4) is 11.5 Å². The maximum atomic E-state index is 12.2. The standard InChI is InChI=1S/C17H17ClN2O3/c1-11(12-4-7-14(22-2)8-5-12)19-20-17(21)15-10-13(18)6-9-16(15)23-3/h4-10H,1-3H3,(H,20,21). The van der Waals surface area contributed by atoms with Crippen molar-refractivity contribution in [2.24, 2.45) is 5.10 Å². The molecule has 0 aromatic heterocycles. The van der Waals surface area contributed by atoms with Crippen LogP contribution in [-0.2, 0) is 0 Å². The maximum Gasteiger partial charge on any atom is 0.275 e. The summed E-state index contributed by atoms with van der Waals surface area (Å²) in [5.74, 6) is 0.802. The Morgan fingerprint density at radius 3 is 2.39 bits per heavy atom. The summed E-state index contributed by atoms with van der Waals surface area (Å²) in [7, 11) is 3.10. The Morgan fingerprint density at radius 2 is 1.78 bits per heavy atom. The first-order valence-electron chi connectivity index (χ1n) is 6.87. The molecule has 23 heavy (non-hydrogen) atoms. The van der Waals surface area contributed by atoms with Gasteiger partial charge in [-0.15, -0.1) is 0 Å². The quantitative estimate of drug-likeness (QED) is 0.673. The highest BCUT2D eigenvalue weighted by atomic mass is 35.5. The summed E-state index contributed by atoms with van der Waals surface area (Å²) in [6.07, 6.45) is 0. The van der Waals surface area contributed by atoms with Crippen LogP contribution in [0.4, 0.5) is 0 Å². The third-order valence-electron chi connectivity index (χ3n) is 3.24. The van der Waals surface area contributed by atoms with Crippen LogP contribution in [0.25, 0.3) is 0 Å². The SMILES string of the molecule is COc1ccc(C(C)=NNC(=O)c2cc(Cl)ccc2OC)cc1. The minimum absolute atomic E-state index is 0.325. The number of carbonyl (C=O) groups excluding carboxylic acids is 1. The predicted octanol–water partition coefficient (Wildman–Crippen LogP) is 3.51. The van der Waals surface area contributed by atoms with Gasteiger partial charge in [0.2, 0.25) is 0 Å². The van der Waals surface area contributed by atoms with Crippen molar-refractivity contribution >= 4 is 23.2 Å². The van der Waals surface area contributed by atoms with Gasteiger partial charge in [0.1, 0.15) is 11.5 Å². The number of nitrogens with zero attached hydrogens (tertiary/aromatic N) is 1. The third-order valence-corrected chi connectivity index (χ3v) is 3.47. The Bertz CT molecular complexity index is 727. The van der Waals surface area contributed by atoms with Crippen molar-refractivity contribution in [3.05, 3.63) is 58.6 Å². The van der Waals surface area contributed by atoms with E-state index in [9.17, 15) is 4.79 Å². The van der Waals surface area contributed by atoms with Gasteiger partial charge in [-0.2, -0.15) is 5.10 Å². The molecule has 0 aliphatic carbocycles. The summed E-state index contributed by atoms with van der Waals surface area (Å²) >= 11 is 5.92. The fraction of sp³-hybridized carbons (Fsp3) is 0.176. The minimum atomic E-state index is -0.391. The third kappa shape index (κ3) is 4.23. The zero-order valence-corrected chi connectivity index (χ0v) is 13.8. The fourth-order valence-corrected chi connectivity index (χ4v) is 2.12. The molecule has 0 bridgehead atoms. The first kappa shape index (κ1) is 16.8. The van der Waals surface area contributed by atoms with E-state index in [1.54, 1.807) is 26.2 Å². The number of rotatable bonds is 5. The molecule has 0 fully saturated rings. The van der Waals surface area contributed by atoms with Crippen molar-refractivity contribution in [2.75, 3.05) is 14.2 Å². The van der Waals surface area contributed by atoms with Gasteiger partial charge >= 0.3 is 0 Å². The van der Waals surface area contributed by atoms with Crippen molar-refractivity contribution in [3.63, 3.8) is 0 Å². The average Bonchev–Trinajstić information content (AvgIpc) is 2.59. The first-order valence-corrected chi connectivity index (χ1v) is 7.25. The first-order chi connectivity index (χ1) is 11.0. The van der Waals surface area contributed by atoms with Gasteiger partial charge in [0.15, 0.2) is 0 Å². The molecule has 0 atom stereocenters. The van der Waals surface area contributed by atoms with E-state index in [0.717, 1.165) is 11.3 Å². The van der Waals surface area contributed by atoms with E-state index in [4.69, 9.17) is 21.1 Å². The molecular weight excluding hydrogens is 316 g/mol. The lowest BCUT2D eigenvalue weighted by Gasteiger charge is -2.08. The maximum absolute atomic E-state index is 12.2. The average molecular weight is 333 g/mol. The van der Waals surface area contributed by atoms with E-state index in [2.05, 4.69) is 10.5 Å². The van der Waals surface area contributed by atoms with Crippen LogP contribution in [0, 0.1) is 0 Å². The highest BCUT2D eigenvalue weighted by molar-refractivity contribution is 6.31. The summed E-state index contributed by atoms with van der Waals surface area (Å²) in [5.41, 5.74) is 4.38. The van der Waals surface area contributed by atoms with Gasteiger partial charge in [-0.1, -0.05) is 11.6 Å². The largest absolute Gasteiger partial charge is 0.497 e. The van der Waals surface area contributed by atoms with Gasteiger partial charge in [-0.05, 0) is 55.0 Å². The van der Waals surface area contributed by atoms with Crippen molar-refractivity contribution < 1.29 is 14.3 Å². The molecule has 1 N–H and O–H groups in total. The number of hydrogen-bond acceptors (Lipinski definition) is 4.